The number of nitrogens with zero attached hydrogens (tertiary/aromatic N) is 3. The summed E-state index contributed by atoms with van der Waals surface area (Å²) < 4.78 is 5.68. The largest absolute Gasteiger partial charge is 0.481 e. The molecule has 30 heavy (non-hydrogen) atoms. The molecule has 2 heterocycles. The molecule has 1 aliphatic heterocycles. The van der Waals surface area contributed by atoms with E-state index in [2.05, 4.69) is 22.1 Å². The summed E-state index contributed by atoms with van der Waals surface area (Å²) in [5.74, 6) is 0.0527. The van der Waals surface area contributed by atoms with E-state index in [-0.39, 0.29) is 41.5 Å². The molecule has 4 rings (SSSR count). The van der Waals surface area contributed by atoms with Gasteiger partial charge in [0.15, 0.2) is 0 Å². The van der Waals surface area contributed by atoms with Gasteiger partial charge in [0.05, 0.1) is 6.04 Å². The molecule has 1 aromatic heterocycles. The summed E-state index contributed by atoms with van der Waals surface area (Å²) in [5, 5.41) is 8.99. The van der Waals surface area contributed by atoms with Crippen LogP contribution in [0.2, 0.25) is 0 Å². The Kier molecular flexibility index (Phi) is 5.57. The first-order valence-electron chi connectivity index (χ1n) is 10.3. The molecule has 3 N–H and O–H groups in total. The van der Waals surface area contributed by atoms with Gasteiger partial charge in [-0.2, -0.15) is 0 Å². The van der Waals surface area contributed by atoms with Crippen molar-refractivity contribution in [1.82, 2.24) is 9.97 Å². The Labute approximate surface area is 175 Å². The maximum absolute atomic E-state index is 13.2. The van der Waals surface area contributed by atoms with Gasteiger partial charge < -0.3 is 20.5 Å². The first kappa shape index (κ1) is 20.1. The van der Waals surface area contributed by atoms with E-state index < -0.39 is 5.97 Å². The number of anilines is 2. The molecule has 8 heteroatoms. The van der Waals surface area contributed by atoms with Gasteiger partial charge in [0.2, 0.25) is 5.88 Å². The van der Waals surface area contributed by atoms with Crippen molar-refractivity contribution >= 4 is 23.4 Å². The smallest absolute Gasteiger partial charge is 0.303 e. The van der Waals surface area contributed by atoms with Crippen LogP contribution >= 0.6 is 0 Å². The van der Waals surface area contributed by atoms with E-state index in [0.29, 0.717) is 12.5 Å². The highest BCUT2D eigenvalue weighted by Gasteiger charge is 2.33. The monoisotopic (exact) mass is 410 g/mol. The van der Waals surface area contributed by atoms with E-state index in [1.165, 1.54) is 11.9 Å². The average molecular weight is 410 g/mol. The van der Waals surface area contributed by atoms with Crippen LogP contribution in [0.3, 0.4) is 0 Å². The van der Waals surface area contributed by atoms with Gasteiger partial charge in [0.25, 0.3) is 5.91 Å². The second kappa shape index (κ2) is 8.30. The number of carbonyl (C=O) groups excluding carboxylic acids is 1. The van der Waals surface area contributed by atoms with E-state index >= 15 is 0 Å². The van der Waals surface area contributed by atoms with Crippen molar-refractivity contribution in [1.29, 1.82) is 0 Å². The lowest BCUT2D eigenvalue weighted by Crippen LogP contribution is -2.40. The van der Waals surface area contributed by atoms with Gasteiger partial charge in [0, 0.05) is 12.1 Å². The van der Waals surface area contributed by atoms with Crippen LogP contribution < -0.4 is 15.4 Å². The summed E-state index contributed by atoms with van der Waals surface area (Å²) in [6.07, 6.45) is 5.41. The van der Waals surface area contributed by atoms with E-state index in [1.807, 2.05) is 19.1 Å². The summed E-state index contributed by atoms with van der Waals surface area (Å²) in [7, 11) is 0. The van der Waals surface area contributed by atoms with Crippen molar-refractivity contribution in [2.24, 2.45) is 5.92 Å². The Balaban J connectivity index is 1.52. The highest BCUT2D eigenvalue weighted by molar-refractivity contribution is 6.11. The minimum absolute atomic E-state index is 0.110. The number of aliphatic carboxylic acids is 1. The first-order valence-corrected chi connectivity index (χ1v) is 10.3. The molecule has 2 aromatic rings. The third kappa shape index (κ3) is 3.94. The normalized spacial score (nSPS) is 24.0. The number of aromatic nitrogens is 2. The molecule has 1 atom stereocenters. The van der Waals surface area contributed by atoms with Gasteiger partial charge in [-0.25, -0.2) is 9.97 Å². The number of fused-ring (bicyclic) bond motifs is 1. The van der Waals surface area contributed by atoms with Crippen LogP contribution in [0.15, 0.2) is 30.6 Å². The second-order valence-electron chi connectivity index (χ2n) is 8.18. The van der Waals surface area contributed by atoms with Crippen LogP contribution in [0.4, 0.5) is 11.5 Å². The van der Waals surface area contributed by atoms with Crippen LogP contribution in [0.1, 0.15) is 60.9 Å². The van der Waals surface area contributed by atoms with Crippen molar-refractivity contribution in [2.75, 3.05) is 17.2 Å². The summed E-state index contributed by atoms with van der Waals surface area (Å²) in [6.45, 7) is 2.23. The Bertz CT molecular complexity index is 939. The van der Waals surface area contributed by atoms with Gasteiger partial charge in [-0.3, -0.25) is 9.59 Å². The number of carbonyl (C=O) groups is 2. The summed E-state index contributed by atoms with van der Waals surface area (Å²) in [6, 6.07) is 7.85. The van der Waals surface area contributed by atoms with Crippen molar-refractivity contribution in [3.63, 3.8) is 0 Å². The number of nitrogens with two attached hydrogens (primary N) is 1. The molecule has 0 unspecified atom stereocenters. The van der Waals surface area contributed by atoms with Crippen molar-refractivity contribution in [2.45, 2.75) is 51.0 Å². The third-order valence-electron chi connectivity index (χ3n) is 6.13. The molecule has 8 nitrogen and oxygen atoms in total. The SMILES string of the molecule is C[C@H]1COc2ncnc(N)c2C(=O)N1c1ccc(C2CCC(CC(=O)O)CC2)cc1. The lowest BCUT2D eigenvalue weighted by Gasteiger charge is -2.29. The highest BCUT2D eigenvalue weighted by Crippen LogP contribution is 2.38. The number of carboxylic acid groups (broad SMARTS) is 1. The van der Waals surface area contributed by atoms with E-state index in [0.717, 1.165) is 31.4 Å². The molecule has 0 radical (unpaired) electrons. The Hall–Kier alpha value is -3.16. The van der Waals surface area contributed by atoms with E-state index in [4.69, 9.17) is 15.6 Å². The lowest BCUT2D eigenvalue weighted by atomic mass is 9.77. The molecule has 2 aliphatic rings. The molecule has 1 saturated carbocycles. The summed E-state index contributed by atoms with van der Waals surface area (Å²) in [5.41, 5.74) is 8.13. The fourth-order valence-corrected chi connectivity index (χ4v) is 4.51. The molecular formula is C22H26N4O4. The first-order chi connectivity index (χ1) is 14.4. The second-order valence-corrected chi connectivity index (χ2v) is 8.18. The zero-order valence-electron chi connectivity index (χ0n) is 17.0. The number of ether oxygens (including phenoxy) is 1. The molecule has 0 bridgehead atoms. The molecule has 158 valence electrons. The van der Waals surface area contributed by atoms with E-state index in [9.17, 15) is 9.59 Å². The maximum Gasteiger partial charge on any atom is 0.303 e. The zero-order valence-corrected chi connectivity index (χ0v) is 17.0. The number of hydrogen-bond acceptors (Lipinski definition) is 6. The zero-order chi connectivity index (χ0) is 21.3. The number of benzene rings is 1. The van der Waals surface area contributed by atoms with Gasteiger partial charge in [-0.15, -0.1) is 0 Å². The van der Waals surface area contributed by atoms with Crippen LogP contribution in [-0.4, -0.2) is 39.6 Å². The van der Waals surface area contributed by atoms with Crippen LogP contribution in [0.25, 0.3) is 0 Å². The minimum Gasteiger partial charge on any atom is -0.481 e. The average Bonchev–Trinajstić information content (AvgIpc) is 2.85. The van der Waals surface area contributed by atoms with Gasteiger partial charge in [-0.05, 0) is 62.1 Å². The number of carboxylic acids is 1. The van der Waals surface area contributed by atoms with Crippen molar-refractivity contribution in [3.05, 3.63) is 41.7 Å². The Morgan fingerprint density at radius 2 is 1.90 bits per heavy atom. The lowest BCUT2D eigenvalue weighted by molar-refractivity contribution is -0.138. The maximum atomic E-state index is 13.2. The fraction of sp³-hybridized carbons (Fsp3) is 0.455. The minimum atomic E-state index is -0.712. The predicted octanol–water partition coefficient (Wildman–Crippen LogP) is 3.24. The highest BCUT2D eigenvalue weighted by atomic mass is 16.5. The Morgan fingerprint density at radius 1 is 1.20 bits per heavy atom. The number of nitrogen functional groups attached to an aromatic ring is 1. The quantitative estimate of drug-likeness (QED) is 0.794. The van der Waals surface area contributed by atoms with Crippen molar-refractivity contribution in [3.8, 4) is 5.88 Å². The predicted molar refractivity (Wildman–Crippen MR) is 112 cm³/mol. The fourth-order valence-electron chi connectivity index (χ4n) is 4.51. The molecule has 1 aliphatic carbocycles. The molecule has 1 amide bonds. The summed E-state index contributed by atoms with van der Waals surface area (Å²) in [4.78, 5) is 33.8. The topological polar surface area (TPSA) is 119 Å². The Morgan fingerprint density at radius 3 is 2.57 bits per heavy atom. The van der Waals surface area contributed by atoms with Gasteiger partial charge >= 0.3 is 5.97 Å². The number of rotatable bonds is 4. The van der Waals surface area contributed by atoms with Gasteiger partial charge in [-0.1, -0.05) is 12.1 Å². The van der Waals surface area contributed by atoms with Gasteiger partial charge in [0.1, 0.15) is 24.3 Å². The molecule has 1 aromatic carbocycles. The molecular weight excluding hydrogens is 384 g/mol. The number of amides is 1. The van der Waals surface area contributed by atoms with Crippen molar-refractivity contribution < 1.29 is 19.4 Å². The standard InChI is InChI=1S/C22H26N4O4/c1-13-11-30-21-19(20(23)24-12-25-21)22(29)26(13)17-8-6-16(7-9-17)15-4-2-14(3-5-15)10-18(27)28/h6-9,12-15H,2-5,10-11H2,1H3,(H,27,28)(H2,23,24,25)/t13-,14?,15?/m0/s1. The van der Waals surface area contributed by atoms with Crippen LogP contribution in [-0.2, 0) is 4.79 Å². The van der Waals surface area contributed by atoms with E-state index in [1.54, 1.807) is 4.90 Å². The summed E-state index contributed by atoms with van der Waals surface area (Å²) >= 11 is 0. The third-order valence-corrected chi connectivity index (χ3v) is 6.13. The van der Waals surface area contributed by atoms with Crippen LogP contribution in [0, 0.1) is 5.92 Å². The molecule has 1 fully saturated rings. The number of hydrogen-bond donors (Lipinski definition) is 2. The van der Waals surface area contributed by atoms with Crippen LogP contribution in [0.5, 0.6) is 5.88 Å². The molecule has 0 spiro atoms. The molecule has 0 saturated heterocycles.